The van der Waals surface area contributed by atoms with Crippen LogP contribution in [0.5, 0.6) is 17.2 Å². The monoisotopic (exact) mass is 993 g/mol. The maximum absolute atomic E-state index is 12.0. The summed E-state index contributed by atoms with van der Waals surface area (Å²) in [6.45, 7) is 5.67. The average molecular weight is 993 g/mol. The summed E-state index contributed by atoms with van der Waals surface area (Å²) in [6.07, 6.45) is 44.0. The summed E-state index contributed by atoms with van der Waals surface area (Å²) >= 11 is 1.64. The highest BCUT2D eigenvalue weighted by Crippen LogP contribution is 2.42. The van der Waals surface area contributed by atoms with Crippen molar-refractivity contribution >= 4 is 32.3 Å². The van der Waals surface area contributed by atoms with Gasteiger partial charge < -0.3 is 23.0 Å². The average Bonchev–Trinajstić information content (AvgIpc) is 3.37. The van der Waals surface area contributed by atoms with E-state index < -0.39 is 8.60 Å². The largest absolute Gasteiger partial charge is 0.530 e. The van der Waals surface area contributed by atoms with E-state index in [1.54, 1.807) is 11.8 Å². The number of ether oxygens (including phenoxy) is 2. The van der Waals surface area contributed by atoms with Gasteiger partial charge in [-0.2, -0.15) is 11.8 Å². The van der Waals surface area contributed by atoms with Crippen LogP contribution in [0.1, 0.15) is 232 Å². The molecule has 0 bridgehead atoms. The molecular weight excluding hydrogens is 896 g/mol. The summed E-state index contributed by atoms with van der Waals surface area (Å²) in [5.74, 6) is 3.34. The molecule has 9 heteroatoms. The second-order valence-electron chi connectivity index (χ2n) is 18.6. The number of carbonyl (C=O) groups is 2. The van der Waals surface area contributed by atoms with Crippen LogP contribution in [0.3, 0.4) is 0 Å². The highest BCUT2D eigenvalue weighted by Gasteiger charge is 2.19. The lowest BCUT2D eigenvalue weighted by Crippen LogP contribution is -2.09. The summed E-state index contributed by atoms with van der Waals surface area (Å²) in [6, 6.07) is 28.5. The van der Waals surface area contributed by atoms with Gasteiger partial charge in [0.05, 0.1) is 26.1 Å². The molecular formula is C60H97O7PS. The normalized spacial score (nSPS) is 10.9. The number of para-hydroxylation sites is 3. The SMILES string of the molecule is CCCCCCCCCCCCCCCCCCOC(=O)CCSCCC(=O)OCCCCCCCCCCCCCCCCCC.c1ccc(OP(Oc2ccccc2)Oc2ccccc2)cc1. The molecule has 3 aromatic rings. The Morgan fingerprint density at radius 3 is 0.826 bits per heavy atom. The zero-order valence-electron chi connectivity index (χ0n) is 43.7. The number of esters is 2. The molecule has 0 aliphatic rings. The molecule has 0 unspecified atom stereocenters. The summed E-state index contributed by atoms with van der Waals surface area (Å²) in [7, 11) is -1.59. The van der Waals surface area contributed by atoms with Gasteiger partial charge in [-0.05, 0) is 49.2 Å². The minimum absolute atomic E-state index is 0.107. The number of benzene rings is 3. The summed E-state index contributed by atoms with van der Waals surface area (Å²) in [5.41, 5.74) is 0. The molecule has 3 aromatic carbocycles. The minimum atomic E-state index is -1.59. The Bertz CT molecular complexity index is 1380. The van der Waals surface area contributed by atoms with Crippen LogP contribution in [0.4, 0.5) is 0 Å². The molecule has 0 heterocycles. The molecule has 3 rings (SSSR count). The van der Waals surface area contributed by atoms with Crippen LogP contribution in [0.25, 0.3) is 0 Å². The van der Waals surface area contributed by atoms with Crippen molar-refractivity contribution in [3.05, 3.63) is 91.0 Å². The predicted molar refractivity (Wildman–Crippen MR) is 296 cm³/mol. The Balaban J connectivity index is 0.000000607. The molecule has 7 nitrogen and oxygen atoms in total. The fraction of sp³-hybridized carbons (Fsp3) is 0.667. The van der Waals surface area contributed by atoms with Gasteiger partial charge in [-0.15, -0.1) is 0 Å². The maximum Gasteiger partial charge on any atom is 0.530 e. The van der Waals surface area contributed by atoms with Gasteiger partial charge in [0.1, 0.15) is 17.2 Å². The first-order valence-electron chi connectivity index (χ1n) is 28.0. The Kier molecular flexibility index (Phi) is 43.4. The van der Waals surface area contributed by atoms with Crippen LogP contribution < -0.4 is 13.6 Å². The molecule has 0 N–H and O–H groups in total. The van der Waals surface area contributed by atoms with Gasteiger partial charge in [0.25, 0.3) is 0 Å². The van der Waals surface area contributed by atoms with Crippen molar-refractivity contribution in [3.8, 4) is 17.2 Å². The van der Waals surface area contributed by atoms with E-state index in [9.17, 15) is 9.59 Å². The van der Waals surface area contributed by atoms with E-state index in [-0.39, 0.29) is 11.9 Å². The molecule has 0 aliphatic heterocycles. The molecule has 0 aromatic heterocycles. The molecule has 0 saturated heterocycles. The van der Waals surface area contributed by atoms with Crippen molar-refractivity contribution in [2.45, 2.75) is 232 Å². The summed E-state index contributed by atoms with van der Waals surface area (Å²) < 4.78 is 28.3. The third-order valence-corrected chi connectivity index (χ3v) is 14.3. The third-order valence-electron chi connectivity index (χ3n) is 12.2. The molecule has 69 heavy (non-hydrogen) atoms. The Morgan fingerprint density at radius 1 is 0.348 bits per heavy atom. The first kappa shape index (κ1) is 61.9. The lowest BCUT2D eigenvalue weighted by molar-refractivity contribution is -0.144. The quantitative estimate of drug-likeness (QED) is 0.0315. The standard InChI is InChI=1S/C42H82O4S.C18H15O3P/c1-3-5-7-9-11-13-15-17-19-21-23-25-27-29-31-33-37-45-41(43)35-39-47-40-36-42(44)46-38-34-32-30-28-26-24-22-20-18-16-14-12-10-8-6-4-2;1-4-10-16(11-5-1)19-22(20-17-12-6-2-7-13-17)21-18-14-8-3-9-15-18/h3-40H2,1-2H3;1-15H. The number of unbranched alkanes of at least 4 members (excludes halogenated alkanes) is 30. The van der Waals surface area contributed by atoms with Crippen molar-refractivity contribution in [1.82, 2.24) is 0 Å². The van der Waals surface area contributed by atoms with Crippen LogP contribution in [-0.2, 0) is 19.1 Å². The molecule has 390 valence electrons. The topological polar surface area (TPSA) is 80.3 Å². The first-order chi connectivity index (χ1) is 34.1. The predicted octanol–water partition coefficient (Wildman–Crippen LogP) is 19.6. The van der Waals surface area contributed by atoms with Crippen molar-refractivity contribution < 1.29 is 32.6 Å². The van der Waals surface area contributed by atoms with Crippen LogP contribution in [0.15, 0.2) is 91.0 Å². The van der Waals surface area contributed by atoms with Crippen LogP contribution in [0, 0.1) is 0 Å². The second kappa shape index (κ2) is 48.4. The smallest absolute Gasteiger partial charge is 0.466 e. The zero-order valence-corrected chi connectivity index (χ0v) is 45.5. The molecule has 0 aliphatic carbocycles. The number of thioether (sulfide) groups is 1. The summed E-state index contributed by atoms with van der Waals surface area (Å²) in [5, 5.41) is 0. The van der Waals surface area contributed by atoms with Crippen molar-refractivity contribution in [2.75, 3.05) is 24.7 Å². The van der Waals surface area contributed by atoms with Gasteiger partial charge in [-0.3, -0.25) is 9.59 Å². The minimum Gasteiger partial charge on any atom is -0.466 e. The highest BCUT2D eigenvalue weighted by atomic mass is 32.2. The highest BCUT2D eigenvalue weighted by molar-refractivity contribution is 7.99. The number of carbonyl (C=O) groups excluding carboxylic acids is 2. The van der Waals surface area contributed by atoms with Gasteiger partial charge in [0, 0.05) is 11.5 Å². The number of hydrogen-bond acceptors (Lipinski definition) is 8. The van der Waals surface area contributed by atoms with Crippen LogP contribution >= 0.6 is 20.4 Å². The molecule has 0 fully saturated rings. The Labute approximate surface area is 428 Å². The Morgan fingerprint density at radius 2 is 0.580 bits per heavy atom. The molecule has 0 saturated carbocycles. The lowest BCUT2D eigenvalue weighted by Gasteiger charge is -2.17. The van der Waals surface area contributed by atoms with Gasteiger partial charge in [-0.1, -0.05) is 261 Å². The van der Waals surface area contributed by atoms with E-state index >= 15 is 0 Å². The van der Waals surface area contributed by atoms with E-state index in [4.69, 9.17) is 23.0 Å². The van der Waals surface area contributed by atoms with Gasteiger partial charge >= 0.3 is 20.5 Å². The molecule has 0 amide bonds. The lowest BCUT2D eigenvalue weighted by atomic mass is 10.0. The van der Waals surface area contributed by atoms with Crippen molar-refractivity contribution in [3.63, 3.8) is 0 Å². The fourth-order valence-corrected chi connectivity index (χ4v) is 9.81. The van der Waals surface area contributed by atoms with Gasteiger partial charge in [0.15, 0.2) is 0 Å². The van der Waals surface area contributed by atoms with E-state index in [1.807, 2.05) is 91.0 Å². The molecule has 0 spiro atoms. The van der Waals surface area contributed by atoms with E-state index in [0.29, 0.717) is 54.8 Å². The van der Waals surface area contributed by atoms with E-state index in [2.05, 4.69) is 13.8 Å². The van der Waals surface area contributed by atoms with Crippen molar-refractivity contribution in [2.24, 2.45) is 0 Å². The van der Waals surface area contributed by atoms with Crippen LogP contribution in [0.2, 0.25) is 0 Å². The number of hydrogen-bond donors (Lipinski definition) is 0. The maximum atomic E-state index is 12.0. The zero-order chi connectivity index (χ0) is 49.2. The summed E-state index contributed by atoms with van der Waals surface area (Å²) in [4.78, 5) is 23.9. The van der Waals surface area contributed by atoms with Crippen molar-refractivity contribution in [1.29, 1.82) is 0 Å². The third kappa shape index (κ3) is 41.1. The van der Waals surface area contributed by atoms with Crippen LogP contribution in [-0.4, -0.2) is 36.7 Å². The molecule has 0 radical (unpaired) electrons. The molecule has 0 atom stereocenters. The fourth-order valence-electron chi connectivity index (χ4n) is 7.99. The Hall–Kier alpha value is -3.22. The van der Waals surface area contributed by atoms with E-state index in [1.165, 1.54) is 180 Å². The van der Waals surface area contributed by atoms with Gasteiger partial charge in [0.2, 0.25) is 0 Å². The number of rotatable bonds is 46. The first-order valence-corrected chi connectivity index (χ1v) is 30.2. The van der Waals surface area contributed by atoms with E-state index in [0.717, 1.165) is 25.7 Å². The second-order valence-corrected chi connectivity index (χ2v) is 20.8. The van der Waals surface area contributed by atoms with Gasteiger partial charge in [-0.25, -0.2) is 0 Å².